The van der Waals surface area contributed by atoms with Crippen LogP contribution in [0.15, 0.2) is 73.1 Å². The molecule has 2 aromatic carbocycles. The van der Waals surface area contributed by atoms with Crippen molar-refractivity contribution in [3.05, 3.63) is 95.3 Å². The Kier molecular flexibility index (Phi) is 5.15. The van der Waals surface area contributed by atoms with E-state index in [1.165, 1.54) is 0 Å². The summed E-state index contributed by atoms with van der Waals surface area (Å²) in [6.45, 7) is 0.711. The molecule has 154 valence electrons. The van der Waals surface area contributed by atoms with E-state index < -0.39 is 0 Å². The maximum atomic E-state index is 13.3. The van der Waals surface area contributed by atoms with E-state index in [0.29, 0.717) is 12.1 Å². The highest BCUT2D eigenvalue weighted by atomic mass is 16.3. The van der Waals surface area contributed by atoms with Crippen molar-refractivity contribution in [3.63, 3.8) is 0 Å². The van der Waals surface area contributed by atoms with Crippen molar-refractivity contribution in [1.29, 1.82) is 0 Å². The van der Waals surface area contributed by atoms with E-state index in [1.807, 2.05) is 59.5 Å². The summed E-state index contributed by atoms with van der Waals surface area (Å²) in [6, 6.07) is 19.1. The number of pyridine rings is 1. The van der Waals surface area contributed by atoms with Gasteiger partial charge in [-0.05, 0) is 54.4 Å². The number of aliphatic hydroxyl groups is 1. The number of nitrogens with zero attached hydrogens (tertiary/aromatic N) is 2. The van der Waals surface area contributed by atoms with Gasteiger partial charge in [0.15, 0.2) is 0 Å². The summed E-state index contributed by atoms with van der Waals surface area (Å²) in [4.78, 5) is 19.4. The zero-order valence-electron chi connectivity index (χ0n) is 17.0. The minimum Gasteiger partial charge on any atom is -0.394 e. The number of benzene rings is 2. The van der Waals surface area contributed by atoms with Gasteiger partial charge in [0, 0.05) is 47.2 Å². The average molecular weight is 409 g/mol. The Morgan fingerprint density at radius 3 is 2.71 bits per heavy atom. The molecule has 5 heteroatoms. The Bertz CT molecular complexity index is 1150. The van der Waals surface area contributed by atoms with Crippen molar-refractivity contribution in [3.8, 4) is 11.8 Å². The molecule has 5 nitrogen and oxygen atoms in total. The number of amides is 1. The number of nitrogens with one attached hydrogen (secondary N) is 1. The Hall–Kier alpha value is -3.62. The van der Waals surface area contributed by atoms with Gasteiger partial charge in [-0.25, -0.2) is 0 Å². The van der Waals surface area contributed by atoms with E-state index in [4.69, 9.17) is 0 Å². The number of carbonyl (C=O) groups is 1. The monoisotopic (exact) mass is 409 g/mol. The number of hydrogen-bond donors (Lipinski definition) is 2. The molecule has 0 radical (unpaired) electrons. The average Bonchev–Trinajstić information content (AvgIpc) is 3.28. The lowest BCUT2D eigenvalue weighted by molar-refractivity contribution is 0.0701. The molecular formula is C26H23N3O2. The predicted molar refractivity (Wildman–Crippen MR) is 119 cm³/mol. The van der Waals surface area contributed by atoms with Gasteiger partial charge in [-0.1, -0.05) is 30.0 Å². The lowest BCUT2D eigenvalue weighted by Crippen LogP contribution is -2.42. The number of fused-ring (bicyclic) bond motifs is 3. The van der Waals surface area contributed by atoms with Gasteiger partial charge in [0.2, 0.25) is 0 Å². The van der Waals surface area contributed by atoms with Gasteiger partial charge in [-0.3, -0.25) is 9.78 Å². The van der Waals surface area contributed by atoms with Gasteiger partial charge in [-0.2, -0.15) is 0 Å². The molecule has 0 unspecified atom stereocenters. The minimum absolute atomic E-state index is 0.0319. The third kappa shape index (κ3) is 3.67. The first-order valence-corrected chi connectivity index (χ1v) is 10.5. The van der Waals surface area contributed by atoms with Crippen molar-refractivity contribution in [2.24, 2.45) is 5.92 Å². The second-order valence-corrected chi connectivity index (χ2v) is 7.99. The summed E-state index contributed by atoms with van der Waals surface area (Å²) in [5.41, 5.74) is 4.47. The highest BCUT2D eigenvalue weighted by Crippen LogP contribution is 2.47. The SMILES string of the molecule is O=C(c1ccccc1)N1CC[C@@H]2[C@H]1c1cc(C#Cc3cccnc3)ccc1N[C@@H]2CO. The van der Waals surface area contributed by atoms with Gasteiger partial charge in [0.1, 0.15) is 0 Å². The van der Waals surface area contributed by atoms with Crippen LogP contribution in [-0.4, -0.2) is 40.1 Å². The summed E-state index contributed by atoms with van der Waals surface area (Å²) in [5.74, 6) is 6.57. The molecule has 1 amide bonds. The van der Waals surface area contributed by atoms with Gasteiger partial charge in [0.25, 0.3) is 5.91 Å². The first-order chi connectivity index (χ1) is 15.2. The molecule has 1 aromatic heterocycles. The largest absolute Gasteiger partial charge is 0.394 e. The van der Waals surface area contributed by atoms with E-state index in [9.17, 15) is 9.90 Å². The Labute approximate surface area is 181 Å². The van der Waals surface area contributed by atoms with E-state index in [0.717, 1.165) is 28.8 Å². The molecule has 3 heterocycles. The van der Waals surface area contributed by atoms with Gasteiger partial charge < -0.3 is 15.3 Å². The minimum atomic E-state index is -0.0822. The Morgan fingerprint density at radius 2 is 1.94 bits per heavy atom. The van der Waals surface area contributed by atoms with Crippen molar-refractivity contribution in [2.45, 2.75) is 18.5 Å². The number of anilines is 1. The Balaban J connectivity index is 1.52. The zero-order chi connectivity index (χ0) is 21.2. The molecule has 1 fully saturated rings. The van der Waals surface area contributed by atoms with Gasteiger partial charge >= 0.3 is 0 Å². The second kappa shape index (κ2) is 8.25. The molecule has 2 N–H and O–H groups in total. The van der Waals surface area contributed by atoms with Crippen LogP contribution >= 0.6 is 0 Å². The van der Waals surface area contributed by atoms with Gasteiger partial charge in [0.05, 0.1) is 18.7 Å². The highest BCUT2D eigenvalue weighted by Gasteiger charge is 2.45. The number of hydrogen-bond acceptors (Lipinski definition) is 4. The van der Waals surface area contributed by atoms with Crippen LogP contribution in [-0.2, 0) is 0 Å². The van der Waals surface area contributed by atoms with Crippen LogP contribution in [0.3, 0.4) is 0 Å². The fourth-order valence-corrected chi connectivity index (χ4v) is 4.70. The first-order valence-electron chi connectivity index (χ1n) is 10.5. The van der Waals surface area contributed by atoms with Gasteiger partial charge in [-0.15, -0.1) is 0 Å². The molecule has 2 aliphatic heterocycles. The summed E-state index contributed by atoms with van der Waals surface area (Å²) in [6.07, 6.45) is 4.32. The smallest absolute Gasteiger partial charge is 0.254 e. The second-order valence-electron chi connectivity index (χ2n) is 7.99. The molecule has 0 saturated carbocycles. The molecule has 5 rings (SSSR count). The van der Waals surface area contributed by atoms with Crippen LogP contribution in [0, 0.1) is 17.8 Å². The number of aromatic nitrogens is 1. The molecule has 0 aliphatic carbocycles. The van der Waals surface area contributed by atoms with Crippen molar-refractivity contribution in [1.82, 2.24) is 9.88 Å². The fraction of sp³-hybridized carbons (Fsp3) is 0.231. The first kappa shape index (κ1) is 19.3. The number of likely N-dealkylation sites (tertiary alicyclic amines) is 1. The third-order valence-electron chi connectivity index (χ3n) is 6.16. The summed E-state index contributed by atoms with van der Waals surface area (Å²) < 4.78 is 0. The summed E-state index contributed by atoms with van der Waals surface area (Å²) in [5, 5.41) is 13.4. The van der Waals surface area contributed by atoms with Crippen LogP contribution in [0.5, 0.6) is 0 Å². The summed E-state index contributed by atoms with van der Waals surface area (Å²) in [7, 11) is 0. The lowest BCUT2D eigenvalue weighted by atomic mass is 9.82. The van der Waals surface area contributed by atoms with Crippen LogP contribution in [0.2, 0.25) is 0 Å². The lowest BCUT2D eigenvalue weighted by Gasteiger charge is -2.39. The van der Waals surface area contributed by atoms with Crippen LogP contribution in [0.25, 0.3) is 0 Å². The van der Waals surface area contributed by atoms with E-state index in [1.54, 1.807) is 12.4 Å². The standard InChI is InChI=1S/C26H23N3O2/c30-17-24-21-12-14-29(26(31)20-6-2-1-3-7-20)25(21)22-15-18(10-11-23(22)28-24)8-9-19-5-4-13-27-16-19/h1-7,10-11,13,15-16,21,24-25,28,30H,12,14,17H2/t21-,24+,25-/m0/s1. The maximum absolute atomic E-state index is 13.3. The number of carbonyl (C=O) groups excluding carboxylic acids is 1. The van der Waals surface area contributed by atoms with Crippen molar-refractivity contribution >= 4 is 11.6 Å². The third-order valence-corrected chi connectivity index (χ3v) is 6.16. The quantitative estimate of drug-likeness (QED) is 0.636. The highest BCUT2D eigenvalue weighted by molar-refractivity contribution is 5.95. The van der Waals surface area contributed by atoms with E-state index in [-0.39, 0.29) is 30.5 Å². The fourth-order valence-electron chi connectivity index (χ4n) is 4.70. The molecule has 1 saturated heterocycles. The maximum Gasteiger partial charge on any atom is 0.254 e. The molecular weight excluding hydrogens is 386 g/mol. The molecule has 3 atom stereocenters. The van der Waals surface area contributed by atoms with Crippen LogP contribution in [0.1, 0.15) is 39.5 Å². The number of rotatable bonds is 2. The normalized spacial score (nSPS) is 21.3. The number of aliphatic hydroxyl groups excluding tert-OH is 1. The van der Waals surface area contributed by atoms with Crippen molar-refractivity contribution < 1.29 is 9.90 Å². The molecule has 3 aromatic rings. The molecule has 31 heavy (non-hydrogen) atoms. The zero-order valence-corrected chi connectivity index (χ0v) is 17.0. The van der Waals surface area contributed by atoms with Crippen LogP contribution in [0.4, 0.5) is 5.69 Å². The summed E-state index contributed by atoms with van der Waals surface area (Å²) >= 11 is 0. The molecule has 2 aliphatic rings. The van der Waals surface area contributed by atoms with E-state index >= 15 is 0 Å². The van der Waals surface area contributed by atoms with Crippen LogP contribution < -0.4 is 5.32 Å². The van der Waals surface area contributed by atoms with E-state index in [2.05, 4.69) is 28.2 Å². The Morgan fingerprint density at radius 1 is 1.10 bits per heavy atom. The predicted octanol–water partition coefficient (Wildman–Crippen LogP) is 3.47. The molecule has 0 bridgehead atoms. The van der Waals surface area contributed by atoms with Crippen molar-refractivity contribution in [2.75, 3.05) is 18.5 Å². The molecule has 0 spiro atoms. The topological polar surface area (TPSA) is 65.5 Å².